The van der Waals surface area contributed by atoms with Gasteiger partial charge in [-0.2, -0.15) is 8.78 Å². The molecule has 112 valence electrons. The Hall–Kier alpha value is -1.94. The second-order valence-corrected chi connectivity index (χ2v) is 4.86. The van der Waals surface area contributed by atoms with Gasteiger partial charge in [0.05, 0.1) is 0 Å². The fourth-order valence-corrected chi connectivity index (χ4v) is 2.13. The van der Waals surface area contributed by atoms with Crippen molar-refractivity contribution >= 4 is 0 Å². The molecule has 0 aromatic heterocycles. The standard InChI is InChI=1S/C17H19F2NO/c1-13(20-12-11-14-5-3-2-4-6-14)15-7-9-16(10-8-15)21-17(18)19/h2-10,13,17,20H,11-12H2,1H3. The third-order valence-corrected chi connectivity index (χ3v) is 3.31. The van der Waals surface area contributed by atoms with E-state index in [1.165, 1.54) is 5.56 Å². The average molecular weight is 291 g/mol. The van der Waals surface area contributed by atoms with Gasteiger partial charge >= 0.3 is 6.61 Å². The highest BCUT2D eigenvalue weighted by atomic mass is 19.3. The summed E-state index contributed by atoms with van der Waals surface area (Å²) in [6.07, 6.45) is 0.956. The third kappa shape index (κ3) is 5.16. The molecule has 0 aliphatic carbocycles. The van der Waals surface area contributed by atoms with E-state index in [0.717, 1.165) is 18.5 Å². The molecule has 0 aliphatic heterocycles. The maximum atomic E-state index is 12.1. The molecule has 2 aromatic rings. The molecule has 1 atom stereocenters. The lowest BCUT2D eigenvalue weighted by Crippen LogP contribution is -2.21. The van der Waals surface area contributed by atoms with Gasteiger partial charge in [-0.05, 0) is 43.1 Å². The first kappa shape index (κ1) is 15.4. The first-order valence-electron chi connectivity index (χ1n) is 6.97. The van der Waals surface area contributed by atoms with Crippen molar-refractivity contribution in [2.24, 2.45) is 0 Å². The molecule has 0 bridgehead atoms. The molecule has 1 unspecified atom stereocenters. The smallest absolute Gasteiger partial charge is 0.387 e. The maximum absolute atomic E-state index is 12.1. The Morgan fingerprint density at radius 3 is 2.29 bits per heavy atom. The minimum absolute atomic E-state index is 0.161. The van der Waals surface area contributed by atoms with Crippen LogP contribution in [0.5, 0.6) is 5.75 Å². The lowest BCUT2D eigenvalue weighted by Gasteiger charge is -2.15. The molecule has 0 amide bonds. The van der Waals surface area contributed by atoms with E-state index in [0.29, 0.717) is 0 Å². The number of benzene rings is 2. The van der Waals surface area contributed by atoms with Crippen LogP contribution in [0.2, 0.25) is 0 Å². The predicted octanol–water partition coefficient (Wildman–Crippen LogP) is 4.18. The van der Waals surface area contributed by atoms with E-state index in [1.54, 1.807) is 24.3 Å². The highest BCUT2D eigenvalue weighted by Gasteiger charge is 2.07. The number of hydrogen-bond acceptors (Lipinski definition) is 2. The molecule has 2 rings (SSSR count). The minimum Gasteiger partial charge on any atom is -0.435 e. The minimum atomic E-state index is -2.78. The summed E-state index contributed by atoms with van der Waals surface area (Å²) in [5, 5.41) is 3.42. The van der Waals surface area contributed by atoms with E-state index in [2.05, 4.69) is 22.2 Å². The van der Waals surface area contributed by atoms with Crippen LogP contribution in [-0.2, 0) is 6.42 Å². The van der Waals surface area contributed by atoms with Crippen molar-refractivity contribution < 1.29 is 13.5 Å². The van der Waals surface area contributed by atoms with Crippen LogP contribution in [0.1, 0.15) is 24.1 Å². The van der Waals surface area contributed by atoms with Crippen LogP contribution in [-0.4, -0.2) is 13.2 Å². The van der Waals surface area contributed by atoms with Gasteiger partial charge in [0.25, 0.3) is 0 Å². The van der Waals surface area contributed by atoms with Gasteiger partial charge < -0.3 is 10.1 Å². The molecular formula is C17H19F2NO. The summed E-state index contributed by atoms with van der Waals surface area (Å²) in [5.74, 6) is 0.185. The molecule has 2 aromatic carbocycles. The monoisotopic (exact) mass is 291 g/mol. The van der Waals surface area contributed by atoms with Gasteiger partial charge in [-0.15, -0.1) is 0 Å². The summed E-state index contributed by atoms with van der Waals surface area (Å²) < 4.78 is 28.5. The van der Waals surface area contributed by atoms with Crippen LogP contribution in [0.25, 0.3) is 0 Å². The topological polar surface area (TPSA) is 21.3 Å². The zero-order valence-electron chi connectivity index (χ0n) is 11.9. The van der Waals surface area contributed by atoms with Crippen molar-refractivity contribution in [3.05, 3.63) is 65.7 Å². The molecule has 0 spiro atoms. The summed E-state index contributed by atoms with van der Waals surface area (Å²) in [6, 6.07) is 17.2. The number of rotatable bonds is 7. The number of alkyl halides is 2. The van der Waals surface area contributed by atoms with Crippen LogP contribution in [0.4, 0.5) is 8.78 Å². The second kappa shape index (κ2) is 7.74. The summed E-state index contributed by atoms with van der Waals surface area (Å²) in [4.78, 5) is 0. The maximum Gasteiger partial charge on any atom is 0.387 e. The summed E-state index contributed by atoms with van der Waals surface area (Å²) >= 11 is 0. The highest BCUT2D eigenvalue weighted by molar-refractivity contribution is 5.29. The molecular weight excluding hydrogens is 272 g/mol. The van der Waals surface area contributed by atoms with Gasteiger partial charge in [0.15, 0.2) is 0 Å². The molecule has 2 nitrogen and oxygen atoms in total. The summed E-state index contributed by atoms with van der Waals surface area (Å²) in [5.41, 5.74) is 2.34. The van der Waals surface area contributed by atoms with Gasteiger partial charge in [-0.3, -0.25) is 0 Å². The Bertz CT molecular complexity index is 528. The SMILES string of the molecule is CC(NCCc1ccccc1)c1ccc(OC(F)F)cc1. The molecule has 0 fully saturated rings. The molecule has 21 heavy (non-hydrogen) atoms. The number of halogens is 2. The normalized spacial score (nSPS) is 12.4. The Morgan fingerprint density at radius 1 is 1.00 bits per heavy atom. The van der Waals surface area contributed by atoms with Crippen LogP contribution in [0.15, 0.2) is 54.6 Å². The van der Waals surface area contributed by atoms with E-state index < -0.39 is 6.61 Å². The van der Waals surface area contributed by atoms with Gasteiger partial charge in [0.1, 0.15) is 5.75 Å². The van der Waals surface area contributed by atoms with E-state index in [4.69, 9.17) is 0 Å². The molecule has 0 heterocycles. The highest BCUT2D eigenvalue weighted by Crippen LogP contribution is 2.19. The lowest BCUT2D eigenvalue weighted by molar-refractivity contribution is -0.0498. The van der Waals surface area contributed by atoms with Crippen molar-refractivity contribution in [3.8, 4) is 5.75 Å². The van der Waals surface area contributed by atoms with E-state index in [-0.39, 0.29) is 11.8 Å². The van der Waals surface area contributed by atoms with E-state index in [1.807, 2.05) is 25.1 Å². The Labute approximate surface area is 123 Å². The lowest BCUT2D eigenvalue weighted by atomic mass is 10.1. The summed E-state index contributed by atoms with van der Waals surface area (Å²) in [7, 11) is 0. The van der Waals surface area contributed by atoms with Gasteiger partial charge in [-0.25, -0.2) is 0 Å². The average Bonchev–Trinajstić information content (AvgIpc) is 2.48. The third-order valence-electron chi connectivity index (χ3n) is 3.31. The zero-order chi connectivity index (χ0) is 15.1. The molecule has 0 aliphatic rings. The van der Waals surface area contributed by atoms with Crippen LogP contribution in [0.3, 0.4) is 0 Å². The first-order chi connectivity index (χ1) is 10.1. The molecule has 4 heteroatoms. The fraction of sp³-hybridized carbons (Fsp3) is 0.294. The van der Waals surface area contributed by atoms with Crippen LogP contribution >= 0.6 is 0 Å². The molecule has 0 radical (unpaired) electrons. The number of hydrogen-bond donors (Lipinski definition) is 1. The van der Waals surface area contributed by atoms with Crippen LogP contribution in [0, 0.1) is 0 Å². The van der Waals surface area contributed by atoms with Crippen molar-refractivity contribution in [3.63, 3.8) is 0 Å². The zero-order valence-corrected chi connectivity index (χ0v) is 11.9. The van der Waals surface area contributed by atoms with E-state index >= 15 is 0 Å². The van der Waals surface area contributed by atoms with Gasteiger partial charge in [0.2, 0.25) is 0 Å². The fourth-order valence-electron chi connectivity index (χ4n) is 2.13. The molecule has 0 saturated heterocycles. The largest absolute Gasteiger partial charge is 0.435 e. The number of nitrogens with one attached hydrogen (secondary N) is 1. The van der Waals surface area contributed by atoms with Gasteiger partial charge in [0, 0.05) is 6.04 Å². The molecule has 0 saturated carbocycles. The van der Waals surface area contributed by atoms with Crippen LogP contribution < -0.4 is 10.1 Å². The quantitative estimate of drug-likeness (QED) is 0.826. The molecule has 1 N–H and O–H groups in total. The Morgan fingerprint density at radius 2 is 1.67 bits per heavy atom. The second-order valence-electron chi connectivity index (χ2n) is 4.86. The summed E-state index contributed by atoms with van der Waals surface area (Å²) in [6.45, 7) is 0.131. The van der Waals surface area contributed by atoms with Gasteiger partial charge in [-0.1, -0.05) is 42.5 Å². The van der Waals surface area contributed by atoms with Crippen molar-refractivity contribution in [2.45, 2.75) is 26.0 Å². The number of ether oxygens (including phenoxy) is 1. The van der Waals surface area contributed by atoms with E-state index in [9.17, 15) is 8.78 Å². The predicted molar refractivity (Wildman–Crippen MR) is 79.6 cm³/mol. The van der Waals surface area contributed by atoms with Crippen molar-refractivity contribution in [1.29, 1.82) is 0 Å². The Kier molecular flexibility index (Phi) is 5.69. The Balaban J connectivity index is 1.81. The van der Waals surface area contributed by atoms with Crippen molar-refractivity contribution in [1.82, 2.24) is 5.32 Å². The first-order valence-corrected chi connectivity index (χ1v) is 6.97. The van der Waals surface area contributed by atoms with Crippen molar-refractivity contribution in [2.75, 3.05) is 6.54 Å².